The maximum absolute atomic E-state index is 11.9. The van der Waals surface area contributed by atoms with E-state index in [0.29, 0.717) is 15.9 Å². The summed E-state index contributed by atoms with van der Waals surface area (Å²) in [6, 6.07) is 4.69. The van der Waals surface area contributed by atoms with E-state index in [1.54, 1.807) is 19.1 Å². The normalized spacial score (nSPS) is 12.9. The number of nitrogens with two attached hydrogens (primary N) is 1. The van der Waals surface area contributed by atoms with Crippen LogP contribution < -0.4 is 17.0 Å². The molecule has 3 N–H and O–H groups in total. The first kappa shape index (κ1) is 10.9. The van der Waals surface area contributed by atoms with Crippen molar-refractivity contribution < 1.29 is 0 Å². The van der Waals surface area contributed by atoms with Crippen LogP contribution in [0.25, 0.3) is 10.9 Å². The van der Waals surface area contributed by atoms with Gasteiger partial charge >= 0.3 is 5.69 Å². The first-order chi connectivity index (χ1) is 7.50. The molecule has 0 bridgehead atoms. The fourth-order valence-electron chi connectivity index (χ4n) is 1.57. The quantitative estimate of drug-likeness (QED) is 0.773. The van der Waals surface area contributed by atoms with Gasteiger partial charge in [0.25, 0.3) is 5.56 Å². The van der Waals surface area contributed by atoms with Gasteiger partial charge in [-0.2, -0.15) is 0 Å². The molecule has 0 radical (unpaired) electrons. The molecule has 16 heavy (non-hydrogen) atoms. The van der Waals surface area contributed by atoms with Gasteiger partial charge in [0.15, 0.2) is 0 Å². The molecule has 5 nitrogen and oxygen atoms in total. The molecule has 0 aliphatic carbocycles. The Morgan fingerprint density at radius 1 is 1.44 bits per heavy atom. The number of hydrogen-bond acceptors (Lipinski definition) is 3. The van der Waals surface area contributed by atoms with Crippen LogP contribution in [0.2, 0.25) is 5.02 Å². The Bertz CT molecular complexity index is 657. The third-order valence-corrected chi connectivity index (χ3v) is 2.53. The average molecular weight is 240 g/mol. The van der Waals surface area contributed by atoms with E-state index in [4.69, 9.17) is 17.3 Å². The molecule has 1 aromatic carbocycles. The van der Waals surface area contributed by atoms with Gasteiger partial charge in [-0.05, 0) is 25.1 Å². The molecule has 2 aromatic rings. The summed E-state index contributed by atoms with van der Waals surface area (Å²) in [5.41, 5.74) is 5.03. The number of aromatic nitrogens is 2. The van der Waals surface area contributed by atoms with Gasteiger partial charge in [-0.25, -0.2) is 9.36 Å². The molecule has 6 heteroatoms. The van der Waals surface area contributed by atoms with Crippen molar-refractivity contribution in [3.05, 3.63) is 44.1 Å². The van der Waals surface area contributed by atoms with Gasteiger partial charge in [0.1, 0.15) is 0 Å². The van der Waals surface area contributed by atoms with Crippen molar-refractivity contribution in [2.75, 3.05) is 0 Å². The van der Waals surface area contributed by atoms with E-state index in [9.17, 15) is 9.59 Å². The predicted molar refractivity (Wildman–Crippen MR) is 62.7 cm³/mol. The lowest BCUT2D eigenvalue weighted by Gasteiger charge is -2.09. The van der Waals surface area contributed by atoms with Crippen molar-refractivity contribution in [1.29, 1.82) is 0 Å². The van der Waals surface area contributed by atoms with Crippen molar-refractivity contribution in [2.45, 2.75) is 13.1 Å². The smallest absolute Gasteiger partial charge is 0.311 e. The molecule has 0 amide bonds. The highest BCUT2D eigenvalue weighted by Crippen LogP contribution is 2.13. The number of nitrogens with zero attached hydrogens (tertiary/aromatic N) is 1. The molecule has 1 unspecified atom stereocenters. The van der Waals surface area contributed by atoms with E-state index in [-0.39, 0.29) is 0 Å². The highest BCUT2D eigenvalue weighted by atomic mass is 35.5. The first-order valence-electron chi connectivity index (χ1n) is 4.70. The maximum atomic E-state index is 11.9. The Morgan fingerprint density at radius 2 is 2.12 bits per heavy atom. The largest absolute Gasteiger partial charge is 0.330 e. The van der Waals surface area contributed by atoms with Gasteiger partial charge in [0.2, 0.25) is 0 Å². The molecule has 0 saturated carbocycles. The topological polar surface area (TPSA) is 80.9 Å². The molecule has 1 atom stereocenters. The maximum Gasteiger partial charge on any atom is 0.330 e. The molecule has 0 spiro atoms. The molecule has 1 heterocycles. The summed E-state index contributed by atoms with van der Waals surface area (Å²) in [6.07, 6.45) is -0.670. The lowest BCUT2D eigenvalue weighted by atomic mass is 10.2. The summed E-state index contributed by atoms with van der Waals surface area (Å²) in [5.74, 6) is 0. The van der Waals surface area contributed by atoms with Crippen molar-refractivity contribution in [3.63, 3.8) is 0 Å². The third kappa shape index (κ3) is 1.64. The van der Waals surface area contributed by atoms with Crippen LogP contribution >= 0.6 is 11.6 Å². The highest BCUT2D eigenvalue weighted by Gasteiger charge is 2.10. The van der Waals surface area contributed by atoms with Crippen LogP contribution in [0.4, 0.5) is 0 Å². The summed E-state index contributed by atoms with van der Waals surface area (Å²) in [6.45, 7) is 1.57. The zero-order chi connectivity index (χ0) is 11.9. The molecule has 0 saturated heterocycles. The minimum absolute atomic E-state index is 0.390. The first-order valence-corrected chi connectivity index (χ1v) is 5.08. The summed E-state index contributed by atoms with van der Waals surface area (Å²) in [5, 5.41) is 0.849. The fourth-order valence-corrected chi connectivity index (χ4v) is 1.75. The lowest BCUT2D eigenvalue weighted by molar-refractivity contribution is 0.528. The van der Waals surface area contributed by atoms with Gasteiger partial charge in [-0.15, -0.1) is 0 Å². The molecule has 2 rings (SSSR count). The van der Waals surface area contributed by atoms with Crippen molar-refractivity contribution in [3.8, 4) is 0 Å². The summed E-state index contributed by atoms with van der Waals surface area (Å²) in [4.78, 5) is 26.1. The number of hydrogen-bond donors (Lipinski definition) is 2. The van der Waals surface area contributed by atoms with Crippen molar-refractivity contribution in [2.24, 2.45) is 5.73 Å². The number of rotatable bonds is 1. The molecule has 1 aromatic heterocycles. The number of halogens is 1. The van der Waals surface area contributed by atoms with E-state index >= 15 is 0 Å². The van der Waals surface area contributed by atoms with Gasteiger partial charge in [-0.3, -0.25) is 4.79 Å². The van der Waals surface area contributed by atoms with Crippen LogP contribution in [0.3, 0.4) is 0 Å². The van der Waals surface area contributed by atoms with Crippen LogP contribution in [0.15, 0.2) is 27.8 Å². The fraction of sp³-hybridized carbons (Fsp3) is 0.200. The second-order valence-electron chi connectivity index (χ2n) is 3.54. The van der Waals surface area contributed by atoms with Gasteiger partial charge in [-0.1, -0.05) is 11.6 Å². The number of aromatic amines is 1. The third-order valence-electron chi connectivity index (χ3n) is 2.30. The SMILES string of the molecule is CC(N)n1c(=O)[nH]c2cc(Cl)ccc2c1=O. The van der Waals surface area contributed by atoms with Gasteiger partial charge in [0, 0.05) is 5.02 Å². The molecule has 0 aliphatic heterocycles. The minimum atomic E-state index is -0.670. The van der Waals surface area contributed by atoms with Crippen LogP contribution in [-0.4, -0.2) is 9.55 Å². The van der Waals surface area contributed by atoms with Gasteiger partial charge < -0.3 is 10.7 Å². The van der Waals surface area contributed by atoms with Crippen LogP contribution in [-0.2, 0) is 0 Å². The summed E-state index contributed by atoms with van der Waals surface area (Å²) < 4.78 is 0.968. The Hall–Kier alpha value is -1.59. The van der Waals surface area contributed by atoms with Gasteiger partial charge in [0.05, 0.1) is 17.1 Å². The monoisotopic (exact) mass is 239 g/mol. The molecule has 84 valence electrons. The number of nitrogens with one attached hydrogen (secondary N) is 1. The van der Waals surface area contributed by atoms with Crippen LogP contribution in [0.1, 0.15) is 13.1 Å². The average Bonchev–Trinajstić information content (AvgIpc) is 2.15. The second-order valence-corrected chi connectivity index (χ2v) is 3.97. The van der Waals surface area contributed by atoms with E-state index in [1.807, 2.05) is 0 Å². The molecular formula is C10H10ClN3O2. The van der Waals surface area contributed by atoms with E-state index in [0.717, 1.165) is 4.57 Å². The Morgan fingerprint density at radius 3 is 2.75 bits per heavy atom. The van der Waals surface area contributed by atoms with Crippen molar-refractivity contribution >= 4 is 22.5 Å². The number of H-pyrrole nitrogens is 1. The van der Waals surface area contributed by atoms with E-state index < -0.39 is 17.4 Å². The number of fused-ring (bicyclic) bond motifs is 1. The highest BCUT2D eigenvalue weighted by molar-refractivity contribution is 6.31. The summed E-state index contributed by atoms with van der Waals surface area (Å²) >= 11 is 5.77. The Labute approximate surface area is 95.5 Å². The van der Waals surface area contributed by atoms with Crippen molar-refractivity contribution in [1.82, 2.24) is 9.55 Å². The van der Waals surface area contributed by atoms with Crippen LogP contribution in [0, 0.1) is 0 Å². The Balaban J connectivity index is 2.95. The van der Waals surface area contributed by atoms with E-state index in [2.05, 4.69) is 4.98 Å². The predicted octanol–water partition coefficient (Wildman–Crippen LogP) is 0.820. The lowest BCUT2D eigenvalue weighted by Crippen LogP contribution is -2.40. The minimum Gasteiger partial charge on any atom is -0.311 e. The zero-order valence-corrected chi connectivity index (χ0v) is 9.28. The zero-order valence-electron chi connectivity index (χ0n) is 8.53. The molecule has 0 aliphatic rings. The van der Waals surface area contributed by atoms with E-state index in [1.165, 1.54) is 6.07 Å². The standard InChI is InChI=1S/C10H10ClN3O2/c1-5(12)14-9(15)7-3-2-6(11)4-8(7)13-10(14)16/h2-5H,12H2,1H3,(H,13,16). The molecular weight excluding hydrogens is 230 g/mol. The van der Waals surface area contributed by atoms with Crippen LogP contribution in [0.5, 0.6) is 0 Å². The Kier molecular flexibility index (Phi) is 2.57. The number of benzene rings is 1. The molecule has 0 fully saturated rings. The second kappa shape index (κ2) is 3.77. The summed E-state index contributed by atoms with van der Waals surface area (Å²) in [7, 11) is 0.